The fourth-order valence-corrected chi connectivity index (χ4v) is 1.88. The van der Waals surface area contributed by atoms with Gasteiger partial charge in [-0.25, -0.2) is 10.3 Å². The maximum atomic E-state index is 12.4. The van der Waals surface area contributed by atoms with E-state index in [1.54, 1.807) is 24.3 Å². The summed E-state index contributed by atoms with van der Waals surface area (Å²) in [5, 5.41) is 3.27. The van der Waals surface area contributed by atoms with Crippen molar-refractivity contribution in [3.05, 3.63) is 66.1 Å². The standard InChI is InChI=1S/C16H10F3N3O3/c17-16(18,19)15-20-13(22-25-15)10-6-8-11(9-7-10)14(23)24-21-12-4-2-1-3-5-12/h1-9,21H. The zero-order valence-electron chi connectivity index (χ0n) is 12.4. The van der Waals surface area contributed by atoms with Crippen LogP contribution in [-0.4, -0.2) is 16.1 Å². The molecule has 6 nitrogen and oxygen atoms in total. The number of aromatic nitrogens is 2. The minimum Gasteiger partial charge on any atom is -0.338 e. The number of anilines is 1. The van der Waals surface area contributed by atoms with Crippen LogP contribution in [-0.2, 0) is 11.0 Å². The van der Waals surface area contributed by atoms with E-state index in [-0.39, 0.29) is 17.0 Å². The fourth-order valence-electron chi connectivity index (χ4n) is 1.88. The van der Waals surface area contributed by atoms with E-state index in [1.807, 2.05) is 6.07 Å². The number of hydrogen-bond acceptors (Lipinski definition) is 6. The van der Waals surface area contributed by atoms with Crippen molar-refractivity contribution in [1.82, 2.24) is 10.1 Å². The van der Waals surface area contributed by atoms with Crippen LogP contribution in [0.4, 0.5) is 18.9 Å². The zero-order valence-corrected chi connectivity index (χ0v) is 12.4. The van der Waals surface area contributed by atoms with Crippen LogP contribution >= 0.6 is 0 Å². The molecule has 1 aromatic heterocycles. The molecule has 2 aromatic carbocycles. The maximum absolute atomic E-state index is 12.4. The van der Waals surface area contributed by atoms with Crippen molar-refractivity contribution in [2.45, 2.75) is 6.18 Å². The van der Waals surface area contributed by atoms with E-state index < -0.39 is 18.0 Å². The first-order valence-electron chi connectivity index (χ1n) is 6.97. The van der Waals surface area contributed by atoms with Gasteiger partial charge in [0.25, 0.3) is 0 Å². The zero-order chi connectivity index (χ0) is 17.9. The third-order valence-electron chi connectivity index (χ3n) is 3.08. The molecule has 0 saturated heterocycles. The Kier molecular flexibility index (Phi) is 4.38. The number of para-hydroxylation sites is 1. The number of benzene rings is 2. The van der Waals surface area contributed by atoms with E-state index in [1.165, 1.54) is 24.3 Å². The van der Waals surface area contributed by atoms with Crippen LogP contribution in [0.5, 0.6) is 0 Å². The van der Waals surface area contributed by atoms with Gasteiger partial charge in [0.2, 0.25) is 5.82 Å². The Hall–Kier alpha value is -3.36. The summed E-state index contributed by atoms with van der Waals surface area (Å²) in [7, 11) is 0. The van der Waals surface area contributed by atoms with Crippen LogP contribution in [0.25, 0.3) is 11.4 Å². The van der Waals surface area contributed by atoms with Gasteiger partial charge >= 0.3 is 18.0 Å². The van der Waals surface area contributed by atoms with Gasteiger partial charge in [-0.1, -0.05) is 35.5 Å². The summed E-state index contributed by atoms with van der Waals surface area (Å²) in [5.41, 5.74) is 3.56. The average molecular weight is 349 g/mol. The molecule has 9 heteroatoms. The SMILES string of the molecule is O=C(ONc1ccccc1)c1ccc(-c2noc(C(F)(F)F)n2)cc1. The summed E-state index contributed by atoms with van der Waals surface area (Å²) in [6.45, 7) is 0. The highest BCUT2D eigenvalue weighted by Gasteiger charge is 2.38. The van der Waals surface area contributed by atoms with E-state index in [9.17, 15) is 18.0 Å². The molecule has 0 fully saturated rings. The van der Waals surface area contributed by atoms with Gasteiger partial charge in [-0.15, -0.1) is 0 Å². The Balaban J connectivity index is 1.67. The van der Waals surface area contributed by atoms with Gasteiger partial charge in [0.15, 0.2) is 0 Å². The van der Waals surface area contributed by atoms with Crippen molar-refractivity contribution in [2.75, 3.05) is 5.48 Å². The predicted molar refractivity (Wildman–Crippen MR) is 80.2 cm³/mol. The molecule has 0 atom stereocenters. The summed E-state index contributed by atoms with van der Waals surface area (Å²) in [6, 6.07) is 14.3. The van der Waals surface area contributed by atoms with Crippen LogP contribution in [0.1, 0.15) is 16.2 Å². The number of hydrogen-bond donors (Lipinski definition) is 1. The summed E-state index contributed by atoms with van der Waals surface area (Å²) < 4.78 is 41.5. The second-order valence-corrected chi connectivity index (χ2v) is 4.86. The third-order valence-corrected chi connectivity index (χ3v) is 3.08. The highest BCUT2D eigenvalue weighted by atomic mass is 19.4. The van der Waals surface area contributed by atoms with E-state index >= 15 is 0 Å². The minimum absolute atomic E-state index is 0.201. The maximum Gasteiger partial charge on any atom is 0.471 e. The van der Waals surface area contributed by atoms with Crippen molar-refractivity contribution in [2.24, 2.45) is 0 Å². The first-order valence-corrected chi connectivity index (χ1v) is 6.97. The molecule has 0 aliphatic carbocycles. The monoisotopic (exact) mass is 349 g/mol. The molecule has 128 valence electrons. The van der Waals surface area contributed by atoms with Crippen LogP contribution in [0.3, 0.4) is 0 Å². The van der Waals surface area contributed by atoms with Gasteiger partial charge in [-0.2, -0.15) is 18.2 Å². The molecule has 1 heterocycles. The number of nitrogens with one attached hydrogen (secondary N) is 1. The van der Waals surface area contributed by atoms with Gasteiger partial charge in [-0.3, -0.25) is 0 Å². The molecule has 0 aliphatic rings. The lowest BCUT2D eigenvalue weighted by molar-refractivity contribution is -0.159. The fraction of sp³-hybridized carbons (Fsp3) is 0.0625. The van der Waals surface area contributed by atoms with Gasteiger partial charge in [0.05, 0.1) is 11.3 Å². The van der Waals surface area contributed by atoms with Crippen molar-refractivity contribution < 1.29 is 27.3 Å². The third kappa shape index (κ3) is 3.94. The quantitative estimate of drug-likeness (QED) is 0.719. The molecule has 0 saturated carbocycles. The van der Waals surface area contributed by atoms with Crippen molar-refractivity contribution >= 4 is 11.7 Å². The molecular formula is C16H10F3N3O3. The lowest BCUT2D eigenvalue weighted by Crippen LogP contribution is -2.10. The first-order chi connectivity index (χ1) is 11.9. The summed E-state index contributed by atoms with van der Waals surface area (Å²) in [5.74, 6) is -2.31. The number of halogens is 3. The second kappa shape index (κ2) is 6.63. The van der Waals surface area contributed by atoms with E-state index in [4.69, 9.17) is 4.84 Å². The Bertz CT molecular complexity index is 862. The van der Waals surface area contributed by atoms with Crippen LogP contribution in [0, 0.1) is 0 Å². The van der Waals surface area contributed by atoms with Crippen LogP contribution in [0.2, 0.25) is 0 Å². The van der Waals surface area contributed by atoms with Gasteiger partial charge in [0, 0.05) is 5.56 Å². The second-order valence-electron chi connectivity index (χ2n) is 4.86. The smallest absolute Gasteiger partial charge is 0.338 e. The van der Waals surface area contributed by atoms with E-state index in [0.717, 1.165) is 0 Å². The molecule has 0 aliphatic heterocycles. The molecule has 25 heavy (non-hydrogen) atoms. The Morgan fingerprint density at radius 2 is 1.72 bits per heavy atom. The van der Waals surface area contributed by atoms with E-state index in [2.05, 4.69) is 20.1 Å². The first kappa shape index (κ1) is 16.5. The Morgan fingerprint density at radius 3 is 2.32 bits per heavy atom. The highest BCUT2D eigenvalue weighted by molar-refractivity contribution is 5.90. The highest BCUT2D eigenvalue weighted by Crippen LogP contribution is 2.29. The number of carbonyl (C=O) groups excluding carboxylic acids is 1. The Morgan fingerprint density at radius 1 is 1.04 bits per heavy atom. The number of nitrogens with zero attached hydrogens (tertiary/aromatic N) is 2. The molecule has 3 rings (SSSR count). The normalized spacial score (nSPS) is 11.2. The van der Waals surface area contributed by atoms with Gasteiger partial charge in [0.1, 0.15) is 0 Å². The predicted octanol–water partition coefficient (Wildman–Crippen LogP) is 3.94. The molecule has 3 aromatic rings. The molecule has 0 radical (unpaired) electrons. The number of carbonyl (C=O) groups is 1. The van der Waals surface area contributed by atoms with Crippen molar-refractivity contribution in [1.29, 1.82) is 0 Å². The van der Waals surface area contributed by atoms with Crippen LogP contribution in [0.15, 0.2) is 59.1 Å². The molecule has 0 amide bonds. The van der Waals surface area contributed by atoms with Crippen molar-refractivity contribution in [3.63, 3.8) is 0 Å². The molecule has 0 bridgehead atoms. The number of alkyl halides is 3. The average Bonchev–Trinajstić information content (AvgIpc) is 3.11. The molecular weight excluding hydrogens is 339 g/mol. The molecule has 1 N–H and O–H groups in total. The topological polar surface area (TPSA) is 77.2 Å². The largest absolute Gasteiger partial charge is 0.471 e. The number of rotatable bonds is 4. The summed E-state index contributed by atoms with van der Waals surface area (Å²) in [4.78, 5) is 20.1. The van der Waals surface area contributed by atoms with Gasteiger partial charge in [-0.05, 0) is 24.3 Å². The molecule has 0 unspecified atom stereocenters. The minimum atomic E-state index is -4.71. The van der Waals surface area contributed by atoms with Gasteiger partial charge < -0.3 is 9.36 Å². The summed E-state index contributed by atoms with van der Waals surface area (Å²) in [6.07, 6.45) is -4.71. The summed E-state index contributed by atoms with van der Waals surface area (Å²) >= 11 is 0. The lowest BCUT2D eigenvalue weighted by Gasteiger charge is -2.06. The van der Waals surface area contributed by atoms with E-state index in [0.29, 0.717) is 5.69 Å². The molecule has 0 spiro atoms. The Labute approximate surface area is 139 Å². The lowest BCUT2D eigenvalue weighted by atomic mass is 10.1. The van der Waals surface area contributed by atoms with Crippen LogP contribution < -0.4 is 5.48 Å². The van der Waals surface area contributed by atoms with Crippen molar-refractivity contribution in [3.8, 4) is 11.4 Å².